The number of benzene rings is 1. The van der Waals surface area contributed by atoms with Crippen molar-refractivity contribution in [3.05, 3.63) is 39.9 Å². The van der Waals surface area contributed by atoms with Crippen LogP contribution in [0.5, 0.6) is 0 Å². The number of non-ortho nitro benzene ring substituents is 1. The normalized spacial score (nSPS) is 14.5. The molecule has 0 aliphatic carbocycles. The summed E-state index contributed by atoms with van der Waals surface area (Å²) in [7, 11) is 0. The number of carbonyl (C=O) groups is 1. The van der Waals surface area contributed by atoms with E-state index in [1.807, 2.05) is 4.90 Å². The molecule has 0 bridgehead atoms. The van der Waals surface area contributed by atoms with Gasteiger partial charge in [0.05, 0.1) is 17.9 Å². The first-order valence-corrected chi connectivity index (χ1v) is 9.12. The first-order valence-electron chi connectivity index (χ1n) is 7.73. The summed E-state index contributed by atoms with van der Waals surface area (Å²) in [4.78, 5) is 26.1. The number of carbonyl (C=O) groups excluding carboxylic acids is 1. The lowest BCUT2D eigenvalue weighted by Gasteiger charge is -2.35. The summed E-state index contributed by atoms with van der Waals surface area (Å²) >= 11 is 7.01. The van der Waals surface area contributed by atoms with Crippen molar-refractivity contribution in [2.45, 2.75) is 12.2 Å². The van der Waals surface area contributed by atoms with Gasteiger partial charge in [-0.15, -0.1) is 0 Å². The lowest BCUT2D eigenvalue weighted by Crippen LogP contribution is -2.54. The number of hydrogen-bond donors (Lipinski definition) is 1. The molecule has 1 saturated heterocycles. The number of nitro benzene ring substituents is 1. The van der Waals surface area contributed by atoms with E-state index in [0.29, 0.717) is 31.8 Å². The van der Waals surface area contributed by atoms with E-state index in [4.69, 9.17) is 12.2 Å². The van der Waals surface area contributed by atoms with Crippen molar-refractivity contribution in [1.29, 1.82) is 0 Å². The lowest BCUT2D eigenvalue weighted by atomic mass is 10.2. The van der Waals surface area contributed by atoms with Gasteiger partial charge in [-0.05, 0) is 5.56 Å². The molecule has 24 heavy (non-hydrogen) atoms. The van der Waals surface area contributed by atoms with Gasteiger partial charge in [-0.2, -0.15) is 0 Å². The molecule has 1 aromatic carbocycles. The summed E-state index contributed by atoms with van der Waals surface area (Å²) < 4.78 is 0.803. The summed E-state index contributed by atoms with van der Waals surface area (Å²) in [6, 6.07) is 6.52. The smallest absolute Gasteiger partial charge is 0.269 e. The Bertz CT molecular complexity index is 601. The second-order valence-electron chi connectivity index (χ2n) is 5.45. The third-order valence-corrected chi connectivity index (χ3v) is 5.39. The highest BCUT2D eigenvalue weighted by Crippen LogP contribution is 2.20. The monoisotopic (exact) mass is 369 g/mol. The highest BCUT2D eigenvalue weighted by atomic mass is 32.2. The third kappa shape index (κ3) is 5.15. The second-order valence-corrected chi connectivity index (χ2v) is 7.06. The molecule has 130 valence electrons. The van der Waals surface area contributed by atoms with Gasteiger partial charge in [0.25, 0.3) is 5.69 Å². The molecule has 3 N–H and O–H groups in total. The maximum absolute atomic E-state index is 11.8. The molecule has 1 amide bonds. The van der Waals surface area contributed by atoms with Crippen molar-refractivity contribution in [3.63, 3.8) is 0 Å². The summed E-state index contributed by atoms with van der Waals surface area (Å²) in [5, 5.41) is 10.6. The minimum atomic E-state index is -0.406. The summed E-state index contributed by atoms with van der Waals surface area (Å²) in [6.07, 6.45) is 0.499. The van der Waals surface area contributed by atoms with Crippen LogP contribution in [0.1, 0.15) is 12.0 Å². The third-order valence-electron chi connectivity index (χ3n) is 3.79. The predicted molar refractivity (Wildman–Crippen MR) is 97.5 cm³/mol. The van der Waals surface area contributed by atoms with Gasteiger partial charge in [0, 0.05) is 44.1 Å². The molecule has 1 aromatic rings. The average molecular weight is 369 g/mol. The Hall–Kier alpha value is -1.71. The molecule has 0 aromatic heterocycles. The van der Waals surface area contributed by atoms with Crippen LogP contribution in [0.3, 0.4) is 0 Å². The van der Waals surface area contributed by atoms with E-state index in [-0.39, 0.29) is 11.6 Å². The molecule has 1 aliphatic rings. The van der Waals surface area contributed by atoms with Crippen LogP contribution in [0.15, 0.2) is 24.3 Å². The molecule has 0 atom stereocenters. The molecule has 0 unspecified atom stereocenters. The van der Waals surface area contributed by atoms with Crippen LogP contribution >= 0.6 is 24.0 Å². The van der Waals surface area contributed by atoms with Gasteiger partial charge in [-0.3, -0.25) is 14.9 Å². The van der Waals surface area contributed by atoms with Crippen molar-refractivity contribution >= 4 is 39.9 Å². The Labute approximate surface area is 150 Å². The maximum atomic E-state index is 11.8. The van der Waals surface area contributed by atoms with Gasteiger partial charge >= 0.3 is 0 Å². The zero-order valence-corrected chi connectivity index (χ0v) is 15.0. The Morgan fingerprint density at radius 2 is 1.79 bits per heavy atom. The van der Waals surface area contributed by atoms with Crippen LogP contribution in [-0.2, 0) is 10.5 Å². The first kappa shape index (κ1) is 18.6. The quantitative estimate of drug-likeness (QED) is 0.471. The Balaban J connectivity index is 1.77. The van der Waals surface area contributed by atoms with Crippen LogP contribution in [0, 0.1) is 10.1 Å². The number of hydrogen-bond acceptors (Lipinski definition) is 5. The number of thiocarbonyl (C=S) groups is 1. The average Bonchev–Trinajstić information content (AvgIpc) is 2.60. The Kier molecular flexibility index (Phi) is 6.95. The number of thioether (sulfide) groups is 1. The fraction of sp³-hybridized carbons (Fsp3) is 0.467. The molecule has 0 saturated carbocycles. The maximum Gasteiger partial charge on any atom is 0.269 e. The van der Waals surface area contributed by atoms with E-state index in [0.717, 1.165) is 23.0 Å². The Morgan fingerprint density at radius 3 is 2.33 bits per heavy atom. The SMILES string of the molecule is [NH3+]CCC(=O)N1CCN(C(=S)SCc2ccc([N+](=O)[O-])cc2)CC1. The molecular weight excluding hydrogens is 348 g/mol. The van der Waals surface area contributed by atoms with E-state index in [1.165, 1.54) is 12.1 Å². The summed E-state index contributed by atoms with van der Waals surface area (Å²) in [5.74, 6) is 0.839. The number of quaternary nitrogens is 1. The van der Waals surface area contributed by atoms with Crippen molar-refractivity contribution in [3.8, 4) is 0 Å². The first-order chi connectivity index (χ1) is 11.5. The van der Waals surface area contributed by atoms with Crippen LogP contribution in [0.4, 0.5) is 5.69 Å². The summed E-state index contributed by atoms with van der Waals surface area (Å²) in [6.45, 7) is 3.50. The van der Waals surface area contributed by atoms with Gasteiger partial charge in [0.2, 0.25) is 5.91 Å². The van der Waals surface area contributed by atoms with Gasteiger partial charge in [0.1, 0.15) is 4.32 Å². The Morgan fingerprint density at radius 1 is 1.21 bits per heavy atom. The molecule has 9 heteroatoms. The van der Waals surface area contributed by atoms with Crippen LogP contribution in [0.2, 0.25) is 0 Å². The minimum Gasteiger partial charge on any atom is -0.357 e. The number of nitrogens with zero attached hydrogens (tertiary/aromatic N) is 3. The van der Waals surface area contributed by atoms with Crippen molar-refractivity contribution in [1.82, 2.24) is 9.80 Å². The van der Waals surface area contributed by atoms with Crippen LogP contribution in [-0.4, -0.2) is 57.7 Å². The van der Waals surface area contributed by atoms with Crippen LogP contribution in [0.25, 0.3) is 0 Å². The van der Waals surface area contributed by atoms with Gasteiger partial charge in [0.15, 0.2) is 0 Å². The molecule has 1 fully saturated rings. The molecular formula is C15H21N4O3S2+. The molecule has 1 aliphatic heterocycles. The zero-order valence-electron chi connectivity index (χ0n) is 13.3. The molecule has 0 radical (unpaired) electrons. The lowest BCUT2D eigenvalue weighted by molar-refractivity contribution is -0.384. The minimum absolute atomic E-state index is 0.0920. The molecule has 0 spiro atoms. The fourth-order valence-electron chi connectivity index (χ4n) is 2.40. The van der Waals surface area contributed by atoms with E-state index >= 15 is 0 Å². The number of nitro groups is 1. The highest BCUT2D eigenvalue weighted by Gasteiger charge is 2.22. The topological polar surface area (TPSA) is 94.3 Å². The van der Waals surface area contributed by atoms with Gasteiger partial charge < -0.3 is 15.5 Å². The van der Waals surface area contributed by atoms with E-state index in [1.54, 1.807) is 23.9 Å². The predicted octanol–water partition coefficient (Wildman–Crippen LogP) is 0.889. The number of piperazine rings is 1. The van der Waals surface area contributed by atoms with E-state index < -0.39 is 4.92 Å². The van der Waals surface area contributed by atoms with E-state index in [9.17, 15) is 14.9 Å². The zero-order chi connectivity index (χ0) is 17.5. The van der Waals surface area contributed by atoms with Crippen molar-refractivity contribution in [2.75, 3.05) is 32.7 Å². The summed E-state index contributed by atoms with van der Waals surface area (Å²) in [5.41, 5.74) is 4.80. The second kappa shape index (κ2) is 8.95. The molecule has 1 heterocycles. The molecule has 2 rings (SSSR count). The van der Waals surface area contributed by atoms with Gasteiger partial charge in [-0.1, -0.05) is 36.1 Å². The number of amides is 1. The number of rotatable bonds is 5. The highest BCUT2D eigenvalue weighted by molar-refractivity contribution is 8.22. The van der Waals surface area contributed by atoms with Crippen molar-refractivity contribution < 1.29 is 15.5 Å². The van der Waals surface area contributed by atoms with Crippen LogP contribution < -0.4 is 5.73 Å². The molecule has 7 nitrogen and oxygen atoms in total. The standard InChI is InChI=1S/C15H20N4O3S2/c16-6-5-14(20)17-7-9-18(10-8-17)15(23)24-11-12-1-3-13(4-2-12)19(21)22/h1-4H,5-11,16H2/p+1. The van der Waals surface area contributed by atoms with E-state index in [2.05, 4.69) is 10.6 Å². The van der Waals surface area contributed by atoms with Gasteiger partial charge in [-0.25, -0.2) is 0 Å². The fourth-order valence-corrected chi connectivity index (χ4v) is 3.61. The largest absolute Gasteiger partial charge is 0.357 e. The van der Waals surface area contributed by atoms with Crippen molar-refractivity contribution in [2.24, 2.45) is 0 Å².